The number of hydrogen-bond donors (Lipinski definition) is 3. The van der Waals surface area contributed by atoms with Crippen molar-refractivity contribution < 1.29 is 4.79 Å². The number of anilines is 2. The van der Waals surface area contributed by atoms with Gasteiger partial charge < -0.3 is 16.0 Å². The maximum atomic E-state index is 12.2. The van der Waals surface area contributed by atoms with Crippen molar-refractivity contribution in [3.05, 3.63) is 23.8 Å². The maximum Gasteiger partial charge on any atom is 0.250 e. The molecule has 0 saturated carbocycles. The first-order valence-electron chi connectivity index (χ1n) is 6.11. The molecule has 0 atom stereocenters. The monoisotopic (exact) mass is 231 g/mol. The van der Waals surface area contributed by atoms with E-state index in [1.54, 1.807) is 0 Å². The zero-order valence-electron chi connectivity index (χ0n) is 9.97. The average molecular weight is 231 g/mol. The zero-order valence-corrected chi connectivity index (χ0v) is 9.97. The van der Waals surface area contributed by atoms with E-state index in [-0.39, 0.29) is 5.91 Å². The summed E-state index contributed by atoms with van der Waals surface area (Å²) in [4.78, 5) is 12.2. The second-order valence-corrected chi connectivity index (χ2v) is 4.96. The van der Waals surface area contributed by atoms with E-state index in [0.717, 1.165) is 42.9 Å². The zero-order chi connectivity index (χ0) is 11.9. The fourth-order valence-corrected chi connectivity index (χ4v) is 2.63. The van der Waals surface area contributed by atoms with Gasteiger partial charge in [0.05, 0.1) is 11.4 Å². The minimum atomic E-state index is -0.409. The highest BCUT2D eigenvalue weighted by atomic mass is 16.2. The van der Waals surface area contributed by atoms with Gasteiger partial charge in [-0.05, 0) is 50.6 Å². The summed E-state index contributed by atoms with van der Waals surface area (Å²) in [6, 6.07) is 6.13. The van der Waals surface area contributed by atoms with Crippen LogP contribution in [0.3, 0.4) is 0 Å². The Bertz CT molecular complexity index is 464. The van der Waals surface area contributed by atoms with Gasteiger partial charge in [-0.3, -0.25) is 4.79 Å². The molecule has 3 N–H and O–H groups in total. The summed E-state index contributed by atoms with van der Waals surface area (Å²) < 4.78 is 0. The van der Waals surface area contributed by atoms with Gasteiger partial charge >= 0.3 is 0 Å². The van der Waals surface area contributed by atoms with Gasteiger partial charge in [0, 0.05) is 0 Å². The van der Waals surface area contributed by atoms with Crippen molar-refractivity contribution in [3.63, 3.8) is 0 Å². The average Bonchev–Trinajstić information content (AvgIpc) is 2.33. The lowest BCUT2D eigenvalue weighted by molar-refractivity contribution is -0.121. The van der Waals surface area contributed by atoms with E-state index in [4.69, 9.17) is 0 Å². The summed E-state index contributed by atoms with van der Waals surface area (Å²) >= 11 is 0. The molecule has 1 amide bonds. The highest BCUT2D eigenvalue weighted by molar-refractivity contribution is 6.06. The Hall–Kier alpha value is -1.55. The van der Waals surface area contributed by atoms with Gasteiger partial charge in [-0.25, -0.2) is 0 Å². The summed E-state index contributed by atoms with van der Waals surface area (Å²) in [5.41, 5.74) is 2.69. The lowest BCUT2D eigenvalue weighted by atomic mass is 9.85. The number of nitrogens with one attached hydrogen (secondary N) is 3. The molecular weight excluding hydrogens is 214 g/mol. The van der Waals surface area contributed by atoms with Crippen LogP contribution in [0.4, 0.5) is 11.4 Å². The molecule has 2 heterocycles. The van der Waals surface area contributed by atoms with Gasteiger partial charge in [0.25, 0.3) is 0 Å². The quantitative estimate of drug-likeness (QED) is 0.634. The smallest absolute Gasteiger partial charge is 0.250 e. The largest absolute Gasteiger partial charge is 0.369 e. The minimum Gasteiger partial charge on any atom is -0.369 e. The molecule has 0 radical (unpaired) electrons. The summed E-state index contributed by atoms with van der Waals surface area (Å²) in [6.07, 6.45) is 1.68. The van der Waals surface area contributed by atoms with Gasteiger partial charge in [0.2, 0.25) is 5.91 Å². The van der Waals surface area contributed by atoms with Crippen molar-refractivity contribution in [3.8, 4) is 0 Å². The molecule has 2 aliphatic rings. The van der Waals surface area contributed by atoms with Crippen LogP contribution in [0.2, 0.25) is 0 Å². The van der Waals surface area contributed by atoms with Crippen LogP contribution >= 0.6 is 0 Å². The molecule has 2 aliphatic heterocycles. The van der Waals surface area contributed by atoms with E-state index in [0.29, 0.717) is 0 Å². The molecule has 3 rings (SSSR count). The molecule has 0 aliphatic carbocycles. The molecule has 0 aromatic heterocycles. The third-order valence-electron chi connectivity index (χ3n) is 3.69. The van der Waals surface area contributed by atoms with Gasteiger partial charge in [-0.2, -0.15) is 0 Å². The van der Waals surface area contributed by atoms with Crippen LogP contribution in [-0.4, -0.2) is 24.5 Å². The van der Waals surface area contributed by atoms with Gasteiger partial charge in [0.1, 0.15) is 5.54 Å². The normalized spacial score (nSPS) is 21.6. The molecule has 0 unspecified atom stereocenters. The minimum absolute atomic E-state index is 0.108. The Morgan fingerprint density at radius 2 is 1.94 bits per heavy atom. The van der Waals surface area contributed by atoms with Crippen LogP contribution in [0.1, 0.15) is 18.4 Å². The van der Waals surface area contributed by atoms with E-state index in [9.17, 15) is 4.79 Å². The molecule has 1 saturated heterocycles. The standard InChI is InChI=1S/C13H17N3O/c1-9-2-3-10-11(8-9)15-12(17)13(16-10)4-6-14-7-5-13/h2-3,8,14,16H,4-7H2,1H3,(H,15,17). The van der Waals surface area contributed by atoms with Crippen molar-refractivity contribution in [2.45, 2.75) is 25.3 Å². The molecule has 4 heteroatoms. The van der Waals surface area contributed by atoms with Crippen LogP contribution in [0.5, 0.6) is 0 Å². The first-order chi connectivity index (χ1) is 8.20. The molecular formula is C13H17N3O. The Morgan fingerprint density at radius 3 is 2.71 bits per heavy atom. The lowest BCUT2D eigenvalue weighted by Crippen LogP contribution is -2.57. The fraction of sp³-hybridized carbons (Fsp3) is 0.462. The number of benzene rings is 1. The molecule has 4 nitrogen and oxygen atoms in total. The number of fused-ring (bicyclic) bond motifs is 1. The van der Waals surface area contributed by atoms with E-state index in [2.05, 4.69) is 22.0 Å². The highest BCUT2D eigenvalue weighted by Gasteiger charge is 2.42. The number of hydrogen-bond acceptors (Lipinski definition) is 3. The Morgan fingerprint density at radius 1 is 1.18 bits per heavy atom. The van der Waals surface area contributed by atoms with Crippen LogP contribution in [0, 0.1) is 6.92 Å². The van der Waals surface area contributed by atoms with Gasteiger partial charge in [-0.15, -0.1) is 0 Å². The molecule has 1 aromatic rings. The molecule has 1 spiro atoms. The molecule has 0 bridgehead atoms. The number of aryl methyl sites for hydroxylation is 1. The molecule has 1 fully saturated rings. The predicted molar refractivity (Wildman–Crippen MR) is 68.3 cm³/mol. The third kappa shape index (κ3) is 1.69. The van der Waals surface area contributed by atoms with Crippen molar-refractivity contribution in [1.82, 2.24) is 5.32 Å². The number of rotatable bonds is 0. The third-order valence-corrected chi connectivity index (χ3v) is 3.69. The van der Waals surface area contributed by atoms with E-state index in [1.807, 2.05) is 19.1 Å². The Balaban J connectivity index is 1.97. The van der Waals surface area contributed by atoms with Crippen molar-refractivity contribution in [1.29, 1.82) is 0 Å². The highest BCUT2D eigenvalue weighted by Crippen LogP contribution is 2.35. The van der Waals surface area contributed by atoms with Crippen LogP contribution in [0.25, 0.3) is 0 Å². The van der Waals surface area contributed by atoms with Crippen LogP contribution in [-0.2, 0) is 4.79 Å². The summed E-state index contributed by atoms with van der Waals surface area (Å²) in [7, 11) is 0. The van der Waals surface area contributed by atoms with Crippen molar-refractivity contribution in [2.24, 2.45) is 0 Å². The summed E-state index contributed by atoms with van der Waals surface area (Å²) in [5.74, 6) is 0.108. The number of piperidine rings is 1. The molecule has 1 aromatic carbocycles. The van der Waals surface area contributed by atoms with Crippen LogP contribution < -0.4 is 16.0 Å². The Labute approximate surface area is 101 Å². The SMILES string of the molecule is Cc1ccc2c(c1)NC(=O)C1(CCNCC1)N2. The summed E-state index contributed by atoms with van der Waals surface area (Å²) in [6.45, 7) is 3.81. The number of amides is 1. The van der Waals surface area contributed by atoms with E-state index < -0.39 is 5.54 Å². The predicted octanol–water partition coefficient (Wildman–Crippen LogP) is 1.48. The number of carbonyl (C=O) groups is 1. The second-order valence-electron chi connectivity index (χ2n) is 4.96. The second kappa shape index (κ2) is 3.74. The lowest BCUT2D eigenvalue weighted by Gasteiger charge is -2.41. The fourth-order valence-electron chi connectivity index (χ4n) is 2.63. The van der Waals surface area contributed by atoms with E-state index >= 15 is 0 Å². The van der Waals surface area contributed by atoms with Crippen molar-refractivity contribution in [2.75, 3.05) is 23.7 Å². The van der Waals surface area contributed by atoms with Gasteiger partial charge in [0.15, 0.2) is 0 Å². The first-order valence-corrected chi connectivity index (χ1v) is 6.11. The molecule has 90 valence electrons. The Kier molecular flexibility index (Phi) is 2.33. The number of carbonyl (C=O) groups excluding carboxylic acids is 1. The topological polar surface area (TPSA) is 53.2 Å². The molecule has 17 heavy (non-hydrogen) atoms. The van der Waals surface area contributed by atoms with E-state index in [1.165, 1.54) is 0 Å². The maximum absolute atomic E-state index is 12.2. The van der Waals surface area contributed by atoms with Crippen LogP contribution in [0.15, 0.2) is 18.2 Å². The summed E-state index contributed by atoms with van der Waals surface area (Å²) in [5, 5.41) is 9.76. The first kappa shape index (κ1) is 10.6. The van der Waals surface area contributed by atoms with Gasteiger partial charge in [-0.1, -0.05) is 6.07 Å². The van der Waals surface area contributed by atoms with Crippen molar-refractivity contribution >= 4 is 17.3 Å².